The predicted octanol–water partition coefficient (Wildman–Crippen LogP) is 1.75. The molecule has 2 unspecified atom stereocenters. The second-order valence-electron chi connectivity index (χ2n) is 4.10. The molecule has 0 spiro atoms. The summed E-state index contributed by atoms with van der Waals surface area (Å²) in [4.78, 5) is 0. The summed E-state index contributed by atoms with van der Waals surface area (Å²) >= 11 is 0. The van der Waals surface area contributed by atoms with Crippen LogP contribution in [0.15, 0.2) is 24.3 Å². The van der Waals surface area contributed by atoms with Gasteiger partial charge in [-0.1, -0.05) is 12.1 Å². The number of morpholine rings is 1. The molecule has 1 saturated heterocycles. The molecular weight excluding hydrogens is 193 g/mol. The van der Waals surface area contributed by atoms with Gasteiger partial charge in [-0.05, 0) is 31.0 Å². The third kappa shape index (κ3) is 3.01. The van der Waals surface area contributed by atoms with Gasteiger partial charge in [-0.3, -0.25) is 0 Å². The summed E-state index contributed by atoms with van der Waals surface area (Å²) < 4.78 is 18.6. The lowest BCUT2D eigenvalue weighted by Gasteiger charge is -2.28. The first kappa shape index (κ1) is 10.6. The van der Waals surface area contributed by atoms with Crippen LogP contribution in [0, 0.1) is 5.82 Å². The van der Waals surface area contributed by atoms with E-state index in [4.69, 9.17) is 4.74 Å². The molecule has 82 valence electrons. The van der Waals surface area contributed by atoms with E-state index in [1.165, 1.54) is 6.07 Å². The Bertz CT molecular complexity index is 321. The second-order valence-corrected chi connectivity index (χ2v) is 4.10. The standard InChI is InChI=1S/C12H16FNO/c1-9-8-15-12(7-14-9)6-10-3-2-4-11(13)5-10/h2-5,9,12,14H,6-8H2,1H3. The van der Waals surface area contributed by atoms with Gasteiger partial charge in [0.15, 0.2) is 0 Å². The Morgan fingerprint density at radius 3 is 3.07 bits per heavy atom. The van der Waals surface area contributed by atoms with Crippen LogP contribution in [-0.2, 0) is 11.2 Å². The summed E-state index contributed by atoms with van der Waals surface area (Å²) in [6.07, 6.45) is 0.945. The van der Waals surface area contributed by atoms with Gasteiger partial charge in [0.25, 0.3) is 0 Å². The van der Waals surface area contributed by atoms with E-state index in [0.717, 1.165) is 25.1 Å². The number of rotatable bonds is 2. The highest BCUT2D eigenvalue weighted by molar-refractivity contribution is 5.17. The molecule has 2 rings (SSSR count). The molecule has 0 saturated carbocycles. The monoisotopic (exact) mass is 209 g/mol. The highest BCUT2D eigenvalue weighted by atomic mass is 19.1. The number of halogens is 1. The molecule has 0 bridgehead atoms. The molecule has 2 atom stereocenters. The summed E-state index contributed by atoms with van der Waals surface area (Å²) in [5.41, 5.74) is 0.997. The number of hydrogen-bond acceptors (Lipinski definition) is 2. The fourth-order valence-electron chi connectivity index (χ4n) is 1.79. The van der Waals surface area contributed by atoms with Crippen LogP contribution in [0.3, 0.4) is 0 Å². The smallest absolute Gasteiger partial charge is 0.123 e. The molecule has 0 radical (unpaired) electrons. The van der Waals surface area contributed by atoms with Crippen molar-refractivity contribution < 1.29 is 9.13 Å². The van der Waals surface area contributed by atoms with Crippen LogP contribution in [0.5, 0.6) is 0 Å². The SMILES string of the molecule is CC1COC(Cc2cccc(F)c2)CN1. The number of nitrogens with one attached hydrogen (secondary N) is 1. The Morgan fingerprint density at radius 2 is 2.40 bits per heavy atom. The molecule has 1 heterocycles. The van der Waals surface area contributed by atoms with Gasteiger partial charge in [-0.2, -0.15) is 0 Å². The summed E-state index contributed by atoms with van der Waals surface area (Å²) in [6.45, 7) is 3.68. The molecule has 1 aromatic rings. The fraction of sp³-hybridized carbons (Fsp3) is 0.500. The lowest BCUT2D eigenvalue weighted by atomic mass is 10.1. The van der Waals surface area contributed by atoms with Crippen molar-refractivity contribution in [2.75, 3.05) is 13.2 Å². The maximum absolute atomic E-state index is 12.9. The van der Waals surface area contributed by atoms with Crippen LogP contribution >= 0.6 is 0 Å². The Morgan fingerprint density at radius 1 is 1.53 bits per heavy atom. The van der Waals surface area contributed by atoms with Crippen LogP contribution in [0.2, 0.25) is 0 Å². The zero-order valence-electron chi connectivity index (χ0n) is 8.87. The zero-order chi connectivity index (χ0) is 10.7. The molecule has 0 aliphatic carbocycles. The third-order valence-corrected chi connectivity index (χ3v) is 2.63. The molecule has 2 nitrogen and oxygen atoms in total. The molecule has 1 fully saturated rings. The first-order valence-electron chi connectivity index (χ1n) is 5.33. The van der Waals surface area contributed by atoms with E-state index in [1.807, 2.05) is 6.07 Å². The Hall–Kier alpha value is -0.930. The van der Waals surface area contributed by atoms with Crippen LogP contribution < -0.4 is 5.32 Å². The quantitative estimate of drug-likeness (QED) is 0.801. The largest absolute Gasteiger partial charge is 0.375 e. The van der Waals surface area contributed by atoms with Gasteiger partial charge in [0.2, 0.25) is 0 Å². The summed E-state index contributed by atoms with van der Waals surface area (Å²) in [5.74, 6) is -0.176. The van der Waals surface area contributed by atoms with E-state index < -0.39 is 0 Å². The van der Waals surface area contributed by atoms with E-state index in [2.05, 4.69) is 12.2 Å². The minimum atomic E-state index is -0.176. The highest BCUT2D eigenvalue weighted by Gasteiger charge is 2.18. The van der Waals surface area contributed by atoms with Gasteiger partial charge < -0.3 is 10.1 Å². The fourth-order valence-corrected chi connectivity index (χ4v) is 1.79. The van der Waals surface area contributed by atoms with Gasteiger partial charge in [-0.15, -0.1) is 0 Å². The summed E-state index contributed by atoms with van der Waals surface area (Å²) in [7, 11) is 0. The molecule has 0 aromatic heterocycles. The molecule has 1 aliphatic heterocycles. The van der Waals surface area contributed by atoms with Crippen molar-refractivity contribution in [1.29, 1.82) is 0 Å². The molecule has 1 aromatic carbocycles. The van der Waals surface area contributed by atoms with Crippen molar-refractivity contribution in [3.63, 3.8) is 0 Å². The number of ether oxygens (including phenoxy) is 1. The van der Waals surface area contributed by atoms with E-state index in [-0.39, 0.29) is 11.9 Å². The predicted molar refractivity (Wildman–Crippen MR) is 57.3 cm³/mol. The zero-order valence-corrected chi connectivity index (χ0v) is 8.87. The topological polar surface area (TPSA) is 21.3 Å². The highest BCUT2D eigenvalue weighted by Crippen LogP contribution is 2.10. The summed E-state index contributed by atoms with van der Waals surface area (Å²) in [6, 6.07) is 7.13. The number of hydrogen-bond donors (Lipinski definition) is 1. The van der Waals surface area contributed by atoms with Gasteiger partial charge in [0.05, 0.1) is 12.7 Å². The molecular formula is C12H16FNO. The molecule has 15 heavy (non-hydrogen) atoms. The van der Waals surface area contributed by atoms with Crippen molar-refractivity contribution in [3.05, 3.63) is 35.6 Å². The Balaban J connectivity index is 1.92. The summed E-state index contributed by atoms with van der Waals surface area (Å²) in [5, 5.41) is 3.35. The first-order valence-corrected chi connectivity index (χ1v) is 5.33. The van der Waals surface area contributed by atoms with Crippen molar-refractivity contribution in [1.82, 2.24) is 5.32 Å². The van der Waals surface area contributed by atoms with E-state index in [9.17, 15) is 4.39 Å². The lowest BCUT2D eigenvalue weighted by Crippen LogP contribution is -2.45. The minimum absolute atomic E-state index is 0.169. The van der Waals surface area contributed by atoms with Gasteiger partial charge in [0, 0.05) is 12.6 Å². The number of benzene rings is 1. The average Bonchev–Trinajstić information content (AvgIpc) is 2.22. The maximum Gasteiger partial charge on any atom is 0.123 e. The van der Waals surface area contributed by atoms with Crippen molar-refractivity contribution in [2.24, 2.45) is 0 Å². The van der Waals surface area contributed by atoms with Gasteiger partial charge >= 0.3 is 0 Å². The normalized spacial score (nSPS) is 26.5. The van der Waals surface area contributed by atoms with Gasteiger partial charge in [0.1, 0.15) is 5.82 Å². The molecule has 3 heteroatoms. The van der Waals surface area contributed by atoms with Crippen LogP contribution in [0.1, 0.15) is 12.5 Å². The van der Waals surface area contributed by atoms with Crippen LogP contribution in [0.4, 0.5) is 4.39 Å². The van der Waals surface area contributed by atoms with E-state index in [1.54, 1.807) is 12.1 Å². The minimum Gasteiger partial charge on any atom is -0.375 e. The second kappa shape index (κ2) is 4.73. The third-order valence-electron chi connectivity index (χ3n) is 2.63. The van der Waals surface area contributed by atoms with Crippen molar-refractivity contribution >= 4 is 0 Å². The first-order chi connectivity index (χ1) is 7.24. The molecule has 0 amide bonds. The molecule has 1 aliphatic rings. The van der Waals surface area contributed by atoms with Gasteiger partial charge in [-0.25, -0.2) is 4.39 Å². The van der Waals surface area contributed by atoms with Crippen LogP contribution in [0.25, 0.3) is 0 Å². The van der Waals surface area contributed by atoms with Crippen molar-refractivity contribution in [3.8, 4) is 0 Å². The maximum atomic E-state index is 12.9. The average molecular weight is 209 g/mol. The van der Waals surface area contributed by atoms with Crippen molar-refractivity contribution in [2.45, 2.75) is 25.5 Å². The van der Waals surface area contributed by atoms with E-state index in [0.29, 0.717) is 6.04 Å². The Kier molecular flexibility index (Phi) is 3.34. The van der Waals surface area contributed by atoms with Crippen LogP contribution in [-0.4, -0.2) is 25.3 Å². The van der Waals surface area contributed by atoms with E-state index >= 15 is 0 Å². The Labute approximate surface area is 89.4 Å². The lowest BCUT2D eigenvalue weighted by molar-refractivity contribution is 0.00879. The molecule has 1 N–H and O–H groups in total.